The van der Waals surface area contributed by atoms with Crippen LogP contribution in [0.3, 0.4) is 0 Å². The second-order valence-corrected chi connectivity index (χ2v) is 10.6. The summed E-state index contributed by atoms with van der Waals surface area (Å²) in [4.78, 5) is 48.7. The molecule has 0 aliphatic carbocycles. The van der Waals surface area contributed by atoms with Gasteiger partial charge in [-0.2, -0.15) is 0 Å². The van der Waals surface area contributed by atoms with E-state index in [0.717, 1.165) is 29.1 Å². The highest BCUT2D eigenvalue weighted by atomic mass is 32.2. The average Bonchev–Trinajstić information content (AvgIpc) is 3.32. The van der Waals surface area contributed by atoms with Crippen LogP contribution in [-0.4, -0.2) is 56.9 Å². The van der Waals surface area contributed by atoms with Gasteiger partial charge < -0.3 is 9.80 Å². The Bertz CT molecular complexity index is 1460. The molecule has 0 unspecified atom stereocenters. The molecule has 180 valence electrons. The number of nitrogens with zero attached hydrogens (tertiary/aromatic N) is 5. The van der Waals surface area contributed by atoms with Gasteiger partial charge in [-0.25, -0.2) is 14.3 Å². The van der Waals surface area contributed by atoms with Crippen LogP contribution in [0.25, 0.3) is 16.0 Å². The van der Waals surface area contributed by atoms with Gasteiger partial charge in [0.2, 0.25) is 5.91 Å². The number of carbonyl (C=O) groups is 1. The zero-order valence-electron chi connectivity index (χ0n) is 19.3. The molecule has 2 aromatic carbocycles. The molecule has 1 fully saturated rings. The summed E-state index contributed by atoms with van der Waals surface area (Å²) in [5, 5.41) is 0. The van der Waals surface area contributed by atoms with Crippen molar-refractivity contribution in [1.82, 2.24) is 19.0 Å². The number of para-hydroxylation sites is 2. The maximum absolute atomic E-state index is 13.5. The third-order valence-corrected chi connectivity index (χ3v) is 8.05. The molecule has 0 radical (unpaired) electrons. The lowest BCUT2D eigenvalue weighted by atomic mass is 10.2. The average molecular weight is 508 g/mol. The summed E-state index contributed by atoms with van der Waals surface area (Å²) in [7, 11) is 0. The number of thiazole rings is 1. The Kier molecular flexibility index (Phi) is 6.74. The fourth-order valence-corrected chi connectivity index (χ4v) is 6.21. The van der Waals surface area contributed by atoms with E-state index < -0.39 is 11.2 Å². The van der Waals surface area contributed by atoms with Gasteiger partial charge >= 0.3 is 5.69 Å². The van der Waals surface area contributed by atoms with Crippen molar-refractivity contribution >= 4 is 45.0 Å². The molecule has 8 nitrogen and oxygen atoms in total. The van der Waals surface area contributed by atoms with Crippen molar-refractivity contribution < 1.29 is 4.79 Å². The number of rotatable bonds is 6. The lowest BCUT2D eigenvalue weighted by Gasteiger charge is -2.36. The van der Waals surface area contributed by atoms with E-state index in [1.54, 1.807) is 29.2 Å². The summed E-state index contributed by atoms with van der Waals surface area (Å²) < 4.78 is 3.58. The van der Waals surface area contributed by atoms with Crippen molar-refractivity contribution in [1.29, 1.82) is 0 Å². The van der Waals surface area contributed by atoms with Crippen LogP contribution in [0, 0.1) is 0 Å². The van der Waals surface area contributed by atoms with Crippen LogP contribution in [0.1, 0.15) is 6.92 Å². The number of hydrogen-bond acceptors (Lipinski definition) is 7. The third-order valence-electron chi connectivity index (χ3n) is 5.99. The highest BCUT2D eigenvalue weighted by molar-refractivity contribution is 8.01. The summed E-state index contributed by atoms with van der Waals surface area (Å²) in [6, 6.07) is 18.9. The van der Waals surface area contributed by atoms with Gasteiger partial charge in [0, 0.05) is 31.9 Å². The summed E-state index contributed by atoms with van der Waals surface area (Å²) in [5.74, 6) is 0.638. The molecule has 0 spiro atoms. The lowest BCUT2D eigenvalue weighted by molar-refractivity contribution is -0.132. The van der Waals surface area contributed by atoms with E-state index in [1.807, 2.05) is 31.2 Å². The maximum atomic E-state index is 13.5. The number of anilines is 1. The van der Waals surface area contributed by atoms with Gasteiger partial charge in [0.05, 0.1) is 5.69 Å². The van der Waals surface area contributed by atoms with E-state index >= 15 is 0 Å². The van der Waals surface area contributed by atoms with Crippen molar-refractivity contribution in [3.63, 3.8) is 0 Å². The lowest BCUT2D eigenvalue weighted by Crippen LogP contribution is -2.50. The minimum atomic E-state index is -0.552. The predicted octanol–water partition coefficient (Wildman–Crippen LogP) is 3.07. The Morgan fingerprint density at radius 1 is 0.943 bits per heavy atom. The molecule has 1 amide bonds. The first kappa shape index (κ1) is 23.4. The number of piperazine rings is 1. The Hall–Kier alpha value is -3.37. The largest absolute Gasteiger partial charge is 0.368 e. The zero-order valence-corrected chi connectivity index (χ0v) is 20.9. The minimum Gasteiger partial charge on any atom is -0.368 e. The minimum absolute atomic E-state index is 0.155. The molecule has 0 bridgehead atoms. The van der Waals surface area contributed by atoms with E-state index in [2.05, 4.69) is 22.0 Å². The molecular weight excluding hydrogens is 482 g/mol. The van der Waals surface area contributed by atoms with Crippen molar-refractivity contribution in [3.8, 4) is 5.69 Å². The topological polar surface area (TPSA) is 80.4 Å². The van der Waals surface area contributed by atoms with Crippen molar-refractivity contribution in [2.75, 3.05) is 36.8 Å². The second kappa shape index (κ2) is 10.1. The van der Waals surface area contributed by atoms with E-state index in [9.17, 15) is 14.4 Å². The summed E-state index contributed by atoms with van der Waals surface area (Å²) >= 11 is 2.78. The Labute approximate surface area is 210 Å². The fraction of sp³-hybridized carbons (Fsp3) is 0.280. The molecular formula is C25H25N5O3S2. The fourth-order valence-electron chi connectivity index (χ4n) is 4.24. The number of aromatic nitrogens is 3. The summed E-state index contributed by atoms with van der Waals surface area (Å²) in [6.45, 7) is 4.42. The quantitative estimate of drug-likeness (QED) is 0.373. The van der Waals surface area contributed by atoms with Gasteiger partial charge in [-0.1, -0.05) is 55.1 Å². The third kappa shape index (κ3) is 4.63. The monoisotopic (exact) mass is 507 g/mol. The first-order valence-corrected chi connectivity index (χ1v) is 13.3. The number of fused-ring (bicyclic) bond motifs is 1. The molecule has 1 aliphatic heterocycles. The maximum Gasteiger partial charge on any atom is 0.337 e. The molecule has 3 heterocycles. The van der Waals surface area contributed by atoms with Gasteiger partial charge in [0.25, 0.3) is 5.56 Å². The van der Waals surface area contributed by atoms with Crippen molar-refractivity contribution in [2.45, 2.75) is 17.8 Å². The van der Waals surface area contributed by atoms with E-state index in [-0.39, 0.29) is 18.1 Å². The summed E-state index contributed by atoms with van der Waals surface area (Å²) in [6.07, 6.45) is 0. The van der Waals surface area contributed by atoms with Crippen LogP contribution in [0.15, 0.2) is 74.6 Å². The highest BCUT2D eigenvalue weighted by Crippen LogP contribution is 2.27. The molecule has 5 rings (SSSR count). The van der Waals surface area contributed by atoms with Crippen molar-refractivity contribution in [3.05, 3.63) is 81.5 Å². The van der Waals surface area contributed by atoms with Crippen LogP contribution in [-0.2, 0) is 11.3 Å². The molecule has 0 atom stereocenters. The van der Waals surface area contributed by atoms with E-state index in [1.165, 1.54) is 27.7 Å². The Morgan fingerprint density at radius 3 is 2.20 bits per heavy atom. The van der Waals surface area contributed by atoms with Crippen LogP contribution >= 0.6 is 23.1 Å². The molecule has 1 aliphatic rings. The molecule has 4 aromatic rings. The molecule has 0 N–H and O–H groups in total. The first-order valence-electron chi connectivity index (χ1n) is 11.5. The van der Waals surface area contributed by atoms with Crippen LogP contribution < -0.4 is 16.1 Å². The van der Waals surface area contributed by atoms with Gasteiger partial charge in [-0.3, -0.25) is 14.2 Å². The number of thioether (sulfide) groups is 1. The predicted molar refractivity (Wildman–Crippen MR) is 141 cm³/mol. The molecule has 35 heavy (non-hydrogen) atoms. The number of benzene rings is 2. The Morgan fingerprint density at radius 2 is 1.57 bits per heavy atom. The normalized spacial score (nSPS) is 14.0. The van der Waals surface area contributed by atoms with Crippen LogP contribution in [0.4, 0.5) is 5.69 Å². The van der Waals surface area contributed by atoms with Crippen molar-refractivity contribution in [2.24, 2.45) is 0 Å². The molecule has 10 heteroatoms. The highest BCUT2D eigenvalue weighted by Gasteiger charge is 2.25. The molecule has 2 aromatic heterocycles. The smallest absolute Gasteiger partial charge is 0.337 e. The SMILES string of the molecule is CCSc1nc2c(s1)c(=O)n(-c1ccccc1)c(=O)n2CC(=O)N1CCN(c2ccccc2)CC1. The number of carbonyl (C=O) groups excluding carboxylic acids is 1. The van der Waals surface area contributed by atoms with Crippen LogP contribution in [0.5, 0.6) is 0 Å². The molecule has 0 saturated carbocycles. The first-order chi connectivity index (χ1) is 17.1. The Balaban J connectivity index is 1.47. The number of hydrogen-bond donors (Lipinski definition) is 0. The van der Waals surface area contributed by atoms with E-state index in [4.69, 9.17) is 0 Å². The standard InChI is InChI=1S/C25H25N5O3S2/c1-2-34-24-26-22-21(35-24)23(32)30(19-11-7-4-8-12-19)25(33)29(22)17-20(31)28-15-13-27(14-16-28)18-9-5-3-6-10-18/h3-12H,2,13-17H2,1H3. The summed E-state index contributed by atoms with van der Waals surface area (Å²) in [5.41, 5.74) is 0.931. The zero-order chi connectivity index (χ0) is 24.4. The van der Waals surface area contributed by atoms with Gasteiger partial charge in [0.1, 0.15) is 11.2 Å². The van der Waals surface area contributed by atoms with Gasteiger partial charge in [-0.05, 0) is 30.0 Å². The molecule has 1 saturated heterocycles. The van der Waals surface area contributed by atoms with Gasteiger partial charge in [0.15, 0.2) is 9.99 Å². The second-order valence-electron chi connectivity index (χ2n) is 8.11. The van der Waals surface area contributed by atoms with Crippen LogP contribution in [0.2, 0.25) is 0 Å². The van der Waals surface area contributed by atoms with E-state index in [0.29, 0.717) is 27.8 Å². The van der Waals surface area contributed by atoms with Gasteiger partial charge in [-0.15, -0.1) is 11.3 Å². The number of amides is 1.